The molecule has 92 valence electrons. The second kappa shape index (κ2) is 5.89. The molecule has 0 bridgehead atoms. The van der Waals surface area contributed by atoms with Gasteiger partial charge in [-0.1, -0.05) is 59.6 Å². The molecule has 1 amide bonds. The van der Waals surface area contributed by atoms with E-state index in [4.69, 9.17) is 23.2 Å². The van der Waals surface area contributed by atoms with Crippen molar-refractivity contribution >= 4 is 29.6 Å². The van der Waals surface area contributed by atoms with Gasteiger partial charge in [0, 0.05) is 10.0 Å². The third-order valence-electron chi connectivity index (χ3n) is 2.64. The molecular weight excluding hydrogens is 269 g/mol. The van der Waals surface area contributed by atoms with Gasteiger partial charge in [0.15, 0.2) is 0 Å². The second-order valence-electron chi connectivity index (χ2n) is 3.79. The summed E-state index contributed by atoms with van der Waals surface area (Å²) in [5, 5.41) is 3.87. The minimum Gasteiger partial charge on any atom is -0.348 e. The first-order valence-electron chi connectivity index (χ1n) is 5.42. The van der Waals surface area contributed by atoms with Crippen molar-refractivity contribution < 1.29 is 4.79 Å². The normalized spacial score (nSPS) is 11.9. The Labute approximate surface area is 116 Å². The van der Waals surface area contributed by atoms with E-state index in [9.17, 15) is 4.79 Å². The van der Waals surface area contributed by atoms with Gasteiger partial charge in [-0.3, -0.25) is 4.79 Å². The Morgan fingerprint density at radius 1 is 1.06 bits per heavy atom. The molecule has 2 nitrogen and oxygen atoms in total. The summed E-state index contributed by atoms with van der Waals surface area (Å²) in [6.45, 7) is 0. The maximum absolute atomic E-state index is 10.8. The summed E-state index contributed by atoms with van der Waals surface area (Å²) in [4.78, 5) is 10.8. The summed E-state index contributed by atoms with van der Waals surface area (Å²) >= 11 is 12.0. The zero-order valence-electron chi connectivity index (χ0n) is 9.44. The second-order valence-corrected chi connectivity index (χ2v) is 4.64. The molecule has 0 fully saturated rings. The third-order valence-corrected chi connectivity index (χ3v) is 3.20. The van der Waals surface area contributed by atoms with Crippen LogP contribution in [-0.4, -0.2) is 6.41 Å². The molecule has 1 atom stereocenters. The highest BCUT2D eigenvalue weighted by molar-refractivity contribution is 6.35. The van der Waals surface area contributed by atoms with Crippen molar-refractivity contribution in [3.8, 4) is 0 Å². The lowest BCUT2D eigenvalue weighted by Crippen LogP contribution is -2.20. The highest BCUT2D eigenvalue weighted by atomic mass is 35.5. The van der Waals surface area contributed by atoms with Crippen molar-refractivity contribution in [1.82, 2.24) is 5.32 Å². The molecule has 0 saturated carbocycles. The minimum absolute atomic E-state index is 0.270. The first kappa shape index (κ1) is 12.9. The van der Waals surface area contributed by atoms with Crippen molar-refractivity contribution in [2.75, 3.05) is 0 Å². The first-order chi connectivity index (χ1) is 8.72. The van der Waals surface area contributed by atoms with E-state index in [0.29, 0.717) is 16.5 Å². The number of benzene rings is 2. The van der Waals surface area contributed by atoms with Gasteiger partial charge in [-0.15, -0.1) is 0 Å². The van der Waals surface area contributed by atoms with Gasteiger partial charge < -0.3 is 5.32 Å². The van der Waals surface area contributed by atoms with Crippen LogP contribution in [0.5, 0.6) is 0 Å². The maximum atomic E-state index is 10.8. The van der Waals surface area contributed by atoms with Crippen LogP contribution in [0.3, 0.4) is 0 Å². The van der Waals surface area contributed by atoms with Crippen LogP contribution < -0.4 is 5.32 Å². The summed E-state index contributed by atoms with van der Waals surface area (Å²) in [6, 6.07) is 14.6. The lowest BCUT2D eigenvalue weighted by atomic mass is 9.99. The summed E-state index contributed by atoms with van der Waals surface area (Å²) in [5.41, 5.74) is 1.79. The van der Waals surface area contributed by atoms with Crippen LogP contribution >= 0.6 is 23.2 Å². The van der Waals surface area contributed by atoms with Gasteiger partial charge >= 0.3 is 0 Å². The van der Waals surface area contributed by atoms with Gasteiger partial charge in [-0.2, -0.15) is 0 Å². The minimum atomic E-state index is -0.270. The predicted molar refractivity (Wildman–Crippen MR) is 73.9 cm³/mol. The van der Waals surface area contributed by atoms with Crippen LogP contribution in [-0.2, 0) is 4.79 Å². The van der Waals surface area contributed by atoms with Crippen molar-refractivity contribution in [3.63, 3.8) is 0 Å². The van der Waals surface area contributed by atoms with Crippen LogP contribution in [0.25, 0.3) is 0 Å². The smallest absolute Gasteiger partial charge is 0.207 e. The van der Waals surface area contributed by atoms with Crippen molar-refractivity contribution in [1.29, 1.82) is 0 Å². The Morgan fingerprint density at radius 2 is 1.78 bits per heavy atom. The molecule has 0 aromatic heterocycles. The number of hydrogen-bond donors (Lipinski definition) is 1. The van der Waals surface area contributed by atoms with Gasteiger partial charge in [0.1, 0.15) is 0 Å². The molecule has 1 N–H and O–H groups in total. The van der Waals surface area contributed by atoms with Crippen LogP contribution in [0.1, 0.15) is 17.2 Å². The van der Waals surface area contributed by atoms with E-state index in [0.717, 1.165) is 11.1 Å². The van der Waals surface area contributed by atoms with Gasteiger partial charge in [-0.25, -0.2) is 0 Å². The predicted octanol–water partition coefficient (Wildman–Crippen LogP) is 3.83. The zero-order chi connectivity index (χ0) is 13.0. The highest BCUT2D eigenvalue weighted by Gasteiger charge is 2.16. The molecule has 2 aromatic rings. The molecule has 0 spiro atoms. The van der Waals surface area contributed by atoms with Gasteiger partial charge in [0.2, 0.25) is 6.41 Å². The molecule has 0 radical (unpaired) electrons. The fraction of sp³-hybridized carbons (Fsp3) is 0.0714. The summed E-state index contributed by atoms with van der Waals surface area (Å²) in [7, 11) is 0. The molecule has 0 saturated heterocycles. The van der Waals surface area contributed by atoms with Gasteiger partial charge in [0.25, 0.3) is 0 Å². The quantitative estimate of drug-likeness (QED) is 0.847. The summed E-state index contributed by atoms with van der Waals surface area (Å²) in [6.07, 6.45) is 0.669. The molecule has 2 aromatic carbocycles. The Balaban J connectivity index is 2.44. The van der Waals surface area contributed by atoms with Gasteiger partial charge in [0.05, 0.1) is 6.04 Å². The van der Waals surface area contributed by atoms with E-state index in [1.54, 1.807) is 12.1 Å². The molecule has 0 unspecified atom stereocenters. The maximum Gasteiger partial charge on any atom is 0.207 e. The number of rotatable bonds is 4. The monoisotopic (exact) mass is 279 g/mol. The fourth-order valence-electron chi connectivity index (χ4n) is 1.81. The number of amides is 1. The average molecular weight is 280 g/mol. The first-order valence-corrected chi connectivity index (χ1v) is 6.17. The van der Waals surface area contributed by atoms with Crippen molar-refractivity contribution in [2.45, 2.75) is 6.04 Å². The third kappa shape index (κ3) is 2.84. The fourth-order valence-corrected chi connectivity index (χ4v) is 2.33. The summed E-state index contributed by atoms with van der Waals surface area (Å²) < 4.78 is 0. The van der Waals surface area contributed by atoms with Gasteiger partial charge in [-0.05, 0) is 23.3 Å². The van der Waals surface area contributed by atoms with Crippen LogP contribution in [0.2, 0.25) is 10.0 Å². The van der Waals surface area contributed by atoms with E-state index in [-0.39, 0.29) is 6.04 Å². The number of halogens is 2. The molecule has 0 aliphatic rings. The average Bonchev–Trinajstić information content (AvgIpc) is 2.38. The lowest BCUT2D eigenvalue weighted by molar-refractivity contribution is -0.110. The van der Waals surface area contributed by atoms with E-state index >= 15 is 0 Å². The molecule has 4 heteroatoms. The Bertz CT molecular complexity index is 543. The SMILES string of the molecule is O=CN[C@@H](c1ccccc1)c1ccc(Cl)cc1Cl. The molecule has 18 heavy (non-hydrogen) atoms. The number of nitrogens with one attached hydrogen (secondary N) is 1. The molecular formula is C14H11Cl2NO. The molecule has 2 rings (SSSR count). The van der Waals surface area contributed by atoms with Crippen LogP contribution in [0.4, 0.5) is 0 Å². The topological polar surface area (TPSA) is 29.1 Å². The van der Waals surface area contributed by atoms with E-state index < -0.39 is 0 Å². The lowest BCUT2D eigenvalue weighted by Gasteiger charge is -2.18. The van der Waals surface area contributed by atoms with Crippen LogP contribution in [0.15, 0.2) is 48.5 Å². The molecule has 0 aliphatic heterocycles. The molecule has 0 heterocycles. The summed E-state index contributed by atoms with van der Waals surface area (Å²) in [5.74, 6) is 0. The number of carbonyl (C=O) groups excluding carboxylic acids is 1. The van der Waals surface area contributed by atoms with Crippen molar-refractivity contribution in [3.05, 3.63) is 69.7 Å². The Kier molecular flexibility index (Phi) is 4.24. The van der Waals surface area contributed by atoms with E-state index in [2.05, 4.69) is 5.32 Å². The van der Waals surface area contributed by atoms with E-state index in [1.807, 2.05) is 36.4 Å². The Hall–Kier alpha value is -1.51. The number of hydrogen-bond acceptors (Lipinski definition) is 1. The standard InChI is InChI=1S/C14H11Cl2NO/c15-11-6-7-12(13(16)8-11)14(17-9-18)10-4-2-1-3-5-10/h1-9,14H,(H,17,18)/t14-/m0/s1. The molecule has 0 aliphatic carbocycles. The highest BCUT2D eigenvalue weighted by Crippen LogP contribution is 2.30. The Morgan fingerprint density at radius 3 is 2.39 bits per heavy atom. The number of carbonyl (C=O) groups is 1. The van der Waals surface area contributed by atoms with Crippen LogP contribution in [0, 0.1) is 0 Å². The van der Waals surface area contributed by atoms with E-state index in [1.165, 1.54) is 0 Å². The van der Waals surface area contributed by atoms with Crippen molar-refractivity contribution in [2.24, 2.45) is 0 Å². The zero-order valence-corrected chi connectivity index (χ0v) is 10.9. The largest absolute Gasteiger partial charge is 0.348 e.